The van der Waals surface area contributed by atoms with Crippen LogP contribution in [0.5, 0.6) is 0 Å². The normalized spacial score (nSPS) is 10.7. The number of halogens is 1. The van der Waals surface area contributed by atoms with E-state index >= 15 is 0 Å². The van der Waals surface area contributed by atoms with Crippen LogP contribution in [0.1, 0.15) is 21.5 Å². The van der Waals surface area contributed by atoms with Crippen LogP contribution in [0.2, 0.25) is 0 Å². The Kier molecular flexibility index (Phi) is 4.16. The van der Waals surface area contributed by atoms with Crippen molar-refractivity contribution < 1.29 is 9.18 Å². The lowest BCUT2D eigenvalue weighted by atomic mass is 10.1. The van der Waals surface area contributed by atoms with Crippen LogP contribution in [-0.2, 0) is 7.05 Å². The number of aromatic nitrogens is 2. The Morgan fingerprint density at radius 2 is 1.83 bits per heavy atom. The van der Waals surface area contributed by atoms with Gasteiger partial charge in [-0.05, 0) is 55.3 Å². The lowest BCUT2D eigenvalue weighted by Crippen LogP contribution is -2.14. The van der Waals surface area contributed by atoms with E-state index < -0.39 is 0 Å². The number of hydrogen-bond acceptors (Lipinski definition) is 2. The molecule has 1 aromatic carbocycles. The fourth-order valence-electron chi connectivity index (χ4n) is 2.84. The first-order valence-corrected chi connectivity index (χ1v) is 7.61. The van der Waals surface area contributed by atoms with Crippen LogP contribution in [-0.4, -0.2) is 15.5 Å². The summed E-state index contributed by atoms with van der Waals surface area (Å²) in [4.78, 5) is 16.8. The van der Waals surface area contributed by atoms with Gasteiger partial charge in [-0.1, -0.05) is 0 Å². The van der Waals surface area contributed by atoms with Crippen molar-refractivity contribution in [1.82, 2.24) is 9.55 Å². The summed E-state index contributed by atoms with van der Waals surface area (Å²) in [6, 6.07) is 8.27. The molecule has 5 heteroatoms. The van der Waals surface area contributed by atoms with Crippen molar-refractivity contribution in [3.05, 3.63) is 71.4 Å². The monoisotopic (exact) mass is 323 g/mol. The van der Waals surface area contributed by atoms with Gasteiger partial charge in [-0.3, -0.25) is 9.78 Å². The Balaban J connectivity index is 2.00. The molecule has 0 aliphatic heterocycles. The minimum atomic E-state index is -0.290. The lowest BCUT2D eigenvalue weighted by molar-refractivity contribution is 0.102. The number of rotatable bonds is 3. The second kappa shape index (κ2) is 6.28. The van der Waals surface area contributed by atoms with E-state index in [2.05, 4.69) is 10.3 Å². The van der Waals surface area contributed by atoms with Gasteiger partial charge in [0.2, 0.25) is 0 Å². The molecule has 3 rings (SSSR count). The van der Waals surface area contributed by atoms with Gasteiger partial charge in [0.05, 0.1) is 11.3 Å². The summed E-state index contributed by atoms with van der Waals surface area (Å²) < 4.78 is 15.3. The summed E-state index contributed by atoms with van der Waals surface area (Å²) in [5.41, 5.74) is 4.29. The zero-order valence-electron chi connectivity index (χ0n) is 13.8. The quantitative estimate of drug-likeness (QED) is 0.789. The second-order valence-corrected chi connectivity index (χ2v) is 5.80. The fraction of sp³-hybridized carbons (Fsp3) is 0.158. The van der Waals surface area contributed by atoms with Crippen LogP contribution in [0.25, 0.3) is 11.3 Å². The van der Waals surface area contributed by atoms with Crippen LogP contribution in [0.15, 0.2) is 48.9 Å². The van der Waals surface area contributed by atoms with E-state index in [1.54, 1.807) is 31.5 Å². The van der Waals surface area contributed by atoms with Gasteiger partial charge in [0.15, 0.2) is 0 Å². The summed E-state index contributed by atoms with van der Waals surface area (Å²) >= 11 is 0. The first-order chi connectivity index (χ1) is 11.5. The number of amides is 1. The highest BCUT2D eigenvalue weighted by Gasteiger charge is 2.20. The summed E-state index contributed by atoms with van der Waals surface area (Å²) in [5.74, 6) is -0.507. The number of anilines is 1. The molecule has 0 unspecified atom stereocenters. The maximum absolute atomic E-state index is 13.4. The van der Waals surface area contributed by atoms with Gasteiger partial charge in [0.1, 0.15) is 5.82 Å². The van der Waals surface area contributed by atoms with E-state index in [0.717, 1.165) is 16.8 Å². The Labute approximate surface area is 140 Å². The maximum atomic E-state index is 13.4. The molecule has 0 atom stereocenters. The number of benzene rings is 1. The summed E-state index contributed by atoms with van der Waals surface area (Å²) in [6.07, 6.45) is 5.31. The van der Waals surface area contributed by atoms with Crippen molar-refractivity contribution in [3.8, 4) is 11.3 Å². The SMILES string of the molecule is Cc1cc(NC(=O)c2c(C)cn(C)c2-c2ccncc2)ccc1F. The van der Waals surface area contributed by atoms with E-state index in [-0.39, 0.29) is 11.7 Å². The zero-order chi connectivity index (χ0) is 17.3. The number of nitrogens with zero attached hydrogens (tertiary/aromatic N) is 2. The fourth-order valence-corrected chi connectivity index (χ4v) is 2.84. The molecule has 24 heavy (non-hydrogen) atoms. The number of pyridine rings is 1. The topological polar surface area (TPSA) is 46.9 Å². The minimum absolute atomic E-state index is 0.217. The van der Waals surface area contributed by atoms with E-state index in [1.807, 2.05) is 36.9 Å². The number of nitrogens with one attached hydrogen (secondary N) is 1. The molecule has 0 aliphatic carbocycles. The molecule has 0 bridgehead atoms. The third-order valence-corrected chi connectivity index (χ3v) is 3.97. The molecule has 0 spiro atoms. The van der Waals surface area contributed by atoms with E-state index in [4.69, 9.17) is 0 Å². The van der Waals surface area contributed by atoms with Crippen LogP contribution in [0, 0.1) is 19.7 Å². The van der Waals surface area contributed by atoms with Crippen LogP contribution < -0.4 is 5.32 Å². The smallest absolute Gasteiger partial charge is 0.258 e. The number of carbonyl (C=O) groups is 1. The standard InChI is InChI=1S/C19H18FN3O/c1-12-10-15(4-5-16(12)20)22-19(24)17-13(2)11-23(3)18(17)14-6-8-21-9-7-14/h4-11H,1-3H3,(H,22,24). The Morgan fingerprint density at radius 3 is 2.50 bits per heavy atom. The molecule has 0 radical (unpaired) electrons. The highest BCUT2D eigenvalue weighted by Crippen LogP contribution is 2.28. The summed E-state index contributed by atoms with van der Waals surface area (Å²) in [7, 11) is 1.90. The highest BCUT2D eigenvalue weighted by molar-refractivity contribution is 6.09. The molecule has 122 valence electrons. The van der Waals surface area contributed by atoms with E-state index in [1.165, 1.54) is 6.07 Å². The average molecular weight is 323 g/mol. The molecule has 1 amide bonds. The van der Waals surface area contributed by atoms with Gasteiger partial charge in [-0.25, -0.2) is 4.39 Å². The third kappa shape index (κ3) is 2.93. The summed E-state index contributed by atoms with van der Waals surface area (Å²) in [6.45, 7) is 3.57. The molecule has 2 heterocycles. The highest BCUT2D eigenvalue weighted by atomic mass is 19.1. The van der Waals surface area contributed by atoms with Crippen LogP contribution in [0.3, 0.4) is 0 Å². The molecule has 0 saturated carbocycles. The molecule has 4 nitrogen and oxygen atoms in total. The first kappa shape index (κ1) is 15.9. The van der Waals surface area contributed by atoms with Crippen molar-refractivity contribution in [3.63, 3.8) is 0 Å². The van der Waals surface area contributed by atoms with Crippen molar-refractivity contribution in [2.75, 3.05) is 5.32 Å². The summed E-state index contributed by atoms with van der Waals surface area (Å²) in [5, 5.41) is 2.86. The lowest BCUT2D eigenvalue weighted by Gasteiger charge is -2.10. The zero-order valence-corrected chi connectivity index (χ0v) is 13.8. The average Bonchev–Trinajstić information content (AvgIpc) is 2.86. The molecular weight excluding hydrogens is 305 g/mol. The molecule has 1 N–H and O–H groups in total. The van der Waals surface area contributed by atoms with Crippen molar-refractivity contribution in [2.45, 2.75) is 13.8 Å². The van der Waals surface area contributed by atoms with Crippen molar-refractivity contribution in [2.24, 2.45) is 7.05 Å². The Morgan fingerprint density at radius 1 is 1.12 bits per heavy atom. The predicted octanol–water partition coefficient (Wildman–Crippen LogP) is 4.10. The van der Waals surface area contributed by atoms with Gasteiger partial charge >= 0.3 is 0 Å². The molecule has 0 aliphatic rings. The molecule has 3 aromatic rings. The van der Waals surface area contributed by atoms with Crippen LogP contribution >= 0.6 is 0 Å². The number of hydrogen-bond donors (Lipinski definition) is 1. The number of aryl methyl sites for hydroxylation is 3. The van der Waals surface area contributed by atoms with E-state index in [0.29, 0.717) is 16.8 Å². The van der Waals surface area contributed by atoms with Gasteiger partial charge in [-0.2, -0.15) is 0 Å². The van der Waals surface area contributed by atoms with Crippen LogP contribution in [0.4, 0.5) is 10.1 Å². The van der Waals surface area contributed by atoms with Crippen molar-refractivity contribution >= 4 is 11.6 Å². The van der Waals surface area contributed by atoms with Crippen molar-refractivity contribution in [1.29, 1.82) is 0 Å². The van der Waals surface area contributed by atoms with Gasteiger partial charge in [-0.15, -0.1) is 0 Å². The largest absolute Gasteiger partial charge is 0.350 e. The third-order valence-electron chi connectivity index (χ3n) is 3.97. The Hall–Kier alpha value is -2.95. The molecule has 0 saturated heterocycles. The first-order valence-electron chi connectivity index (χ1n) is 7.61. The van der Waals surface area contributed by atoms with Gasteiger partial charge in [0, 0.05) is 36.9 Å². The molecular formula is C19H18FN3O. The van der Waals surface area contributed by atoms with Gasteiger partial charge in [0.25, 0.3) is 5.91 Å². The number of carbonyl (C=O) groups excluding carboxylic acids is 1. The minimum Gasteiger partial charge on any atom is -0.350 e. The van der Waals surface area contributed by atoms with E-state index in [9.17, 15) is 9.18 Å². The predicted molar refractivity (Wildman–Crippen MR) is 92.5 cm³/mol. The molecule has 0 fully saturated rings. The van der Waals surface area contributed by atoms with Gasteiger partial charge < -0.3 is 9.88 Å². The maximum Gasteiger partial charge on any atom is 0.258 e. The molecule has 2 aromatic heterocycles. The second-order valence-electron chi connectivity index (χ2n) is 5.80. The Bertz CT molecular complexity index is 900.